The van der Waals surface area contributed by atoms with E-state index in [9.17, 15) is 4.79 Å². The van der Waals surface area contributed by atoms with Crippen molar-refractivity contribution in [3.8, 4) is 0 Å². The lowest BCUT2D eigenvalue weighted by molar-refractivity contribution is 0.0922. The van der Waals surface area contributed by atoms with Gasteiger partial charge < -0.3 is 9.84 Å². The third-order valence-corrected chi connectivity index (χ3v) is 5.88. The summed E-state index contributed by atoms with van der Waals surface area (Å²) < 4.78 is 5.31. The number of aromatic nitrogens is 2. The highest BCUT2D eigenvalue weighted by atomic mass is 16.5. The third-order valence-electron chi connectivity index (χ3n) is 5.88. The van der Waals surface area contributed by atoms with Crippen molar-refractivity contribution in [1.82, 2.24) is 20.4 Å². The molecule has 1 aliphatic heterocycles. The Kier molecular flexibility index (Phi) is 4.36. The maximum Gasteiger partial charge on any atom is 0.273 e. The van der Waals surface area contributed by atoms with Crippen molar-refractivity contribution in [3.05, 3.63) is 59.6 Å². The van der Waals surface area contributed by atoms with Crippen LogP contribution in [0.25, 0.3) is 10.9 Å². The van der Waals surface area contributed by atoms with Gasteiger partial charge in [0.1, 0.15) is 5.76 Å². The second kappa shape index (κ2) is 7.02. The molecule has 0 unspecified atom stereocenters. The molecule has 0 bridgehead atoms. The maximum atomic E-state index is 12.6. The van der Waals surface area contributed by atoms with E-state index in [0.29, 0.717) is 17.5 Å². The lowest BCUT2D eigenvalue weighted by Gasteiger charge is -2.17. The van der Waals surface area contributed by atoms with Crippen molar-refractivity contribution in [2.45, 2.75) is 38.3 Å². The van der Waals surface area contributed by atoms with Crippen molar-refractivity contribution < 1.29 is 9.32 Å². The molecule has 6 nitrogen and oxygen atoms in total. The summed E-state index contributed by atoms with van der Waals surface area (Å²) in [5, 5.41) is 8.31. The Labute approximate surface area is 163 Å². The van der Waals surface area contributed by atoms with Gasteiger partial charge in [-0.05, 0) is 36.5 Å². The molecular weight excluding hydrogens is 352 g/mol. The Balaban J connectivity index is 1.25. The van der Waals surface area contributed by atoms with Crippen molar-refractivity contribution in [2.75, 3.05) is 13.1 Å². The fraction of sp³-hybridized carbons (Fsp3) is 0.409. The highest BCUT2D eigenvalue weighted by Gasteiger charge is 2.33. The Bertz CT molecular complexity index is 1010. The van der Waals surface area contributed by atoms with Crippen molar-refractivity contribution in [3.63, 3.8) is 0 Å². The van der Waals surface area contributed by atoms with E-state index in [-0.39, 0.29) is 11.9 Å². The van der Waals surface area contributed by atoms with E-state index in [1.54, 1.807) is 6.07 Å². The van der Waals surface area contributed by atoms with E-state index in [1.165, 1.54) is 10.9 Å². The summed E-state index contributed by atoms with van der Waals surface area (Å²) >= 11 is 0. The van der Waals surface area contributed by atoms with E-state index in [1.807, 2.05) is 18.3 Å². The Morgan fingerprint density at radius 3 is 2.96 bits per heavy atom. The number of carbonyl (C=O) groups excluding carboxylic acids is 1. The van der Waals surface area contributed by atoms with Crippen LogP contribution < -0.4 is 5.32 Å². The van der Waals surface area contributed by atoms with Gasteiger partial charge in [-0.25, -0.2) is 0 Å². The number of rotatable bonds is 5. The van der Waals surface area contributed by atoms with Crippen molar-refractivity contribution in [2.24, 2.45) is 5.92 Å². The van der Waals surface area contributed by atoms with Gasteiger partial charge in [0, 0.05) is 49.2 Å². The monoisotopic (exact) mass is 376 g/mol. The van der Waals surface area contributed by atoms with Gasteiger partial charge in [0.05, 0.1) is 5.52 Å². The molecule has 3 heterocycles. The molecule has 1 aromatic carbocycles. The highest BCUT2D eigenvalue weighted by molar-refractivity contribution is 5.92. The quantitative estimate of drug-likeness (QED) is 0.739. The van der Waals surface area contributed by atoms with Crippen LogP contribution in [0.1, 0.15) is 47.5 Å². The predicted octanol–water partition coefficient (Wildman–Crippen LogP) is 3.35. The molecular formula is C22H24N4O2. The number of amides is 1. The Hall–Kier alpha value is -2.73. The predicted molar refractivity (Wildman–Crippen MR) is 106 cm³/mol. The molecule has 2 fully saturated rings. The van der Waals surface area contributed by atoms with E-state index in [0.717, 1.165) is 43.8 Å². The number of para-hydroxylation sites is 1. The molecule has 1 N–H and O–H groups in total. The highest BCUT2D eigenvalue weighted by Crippen LogP contribution is 2.40. The standard InChI is InChI=1S/C22H24N4O2/c1-14-11-26(12-16-8-9-23-18-5-3-2-4-17(16)18)13-20(14)24-22(27)19-10-21(28-25-19)15-6-7-15/h2-5,8-10,14-15,20H,6-7,11-13H2,1H3,(H,24,27)/t14-,20+/m0/s1. The van der Waals surface area contributed by atoms with Crippen LogP contribution in [0, 0.1) is 5.92 Å². The molecule has 1 amide bonds. The summed E-state index contributed by atoms with van der Waals surface area (Å²) in [5.41, 5.74) is 2.69. The molecule has 5 rings (SSSR count). The summed E-state index contributed by atoms with van der Waals surface area (Å²) in [6.07, 6.45) is 4.14. The van der Waals surface area contributed by atoms with Crippen LogP contribution in [0.15, 0.2) is 47.1 Å². The topological polar surface area (TPSA) is 71.3 Å². The number of pyridine rings is 1. The molecule has 1 saturated heterocycles. The summed E-state index contributed by atoms with van der Waals surface area (Å²) in [7, 11) is 0. The number of hydrogen-bond donors (Lipinski definition) is 1. The van der Waals surface area contributed by atoms with Crippen molar-refractivity contribution in [1.29, 1.82) is 0 Å². The molecule has 2 aromatic heterocycles. The van der Waals surface area contributed by atoms with Gasteiger partial charge in [0.25, 0.3) is 5.91 Å². The minimum Gasteiger partial charge on any atom is -0.360 e. The largest absolute Gasteiger partial charge is 0.360 e. The fourth-order valence-electron chi connectivity index (χ4n) is 4.12. The van der Waals surface area contributed by atoms with Crippen LogP contribution in [0.3, 0.4) is 0 Å². The molecule has 6 heteroatoms. The minimum absolute atomic E-state index is 0.113. The molecule has 28 heavy (non-hydrogen) atoms. The lowest BCUT2D eigenvalue weighted by Crippen LogP contribution is -2.40. The minimum atomic E-state index is -0.135. The normalized spacial score (nSPS) is 22.6. The Morgan fingerprint density at radius 2 is 2.11 bits per heavy atom. The zero-order chi connectivity index (χ0) is 19.1. The molecule has 144 valence electrons. The summed E-state index contributed by atoms with van der Waals surface area (Å²) in [6, 6.07) is 12.2. The van der Waals surface area contributed by atoms with E-state index >= 15 is 0 Å². The van der Waals surface area contributed by atoms with E-state index < -0.39 is 0 Å². The van der Waals surface area contributed by atoms with Gasteiger partial charge in [-0.2, -0.15) is 0 Å². The SMILES string of the molecule is C[C@H]1CN(Cc2ccnc3ccccc23)C[C@H]1NC(=O)c1cc(C2CC2)on1. The summed E-state index contributed by atoms with van der Waals surface area (Å²) in [6.45, 7) is 4.83. The molecule has 1 aliphatic carbocycles. The average Bonchev–Trinajstić information content (AvgIpc) is 3.33. The van der Waals surface area contributed by atoms with Gasteiger partial charge in [0.2, 0.25) is 0 Å². The molecule has 2 aliphatic rings. The number of carbonyl (C=O) groups is 1. The van der Waals surface area contributed by atoms with E-state index in [4.69, 9.17) is 4.52 Å². The fourth-order valence-corrected chi connectivity index (χ4v) is 4.12. The van der Waals surface area contributed by atoms with Gasteiger partial charge in [-0.3, -0.25) is 14.7 Å². The first-order valence-corrected chi connectivity index (χ1v) is 10.00. The first-order chi connectivity index (χ1) is 13.7. The van der Waals surface area contributed by atoms with Gasteiger partial charge >= 0.3 is 0 Å². The number of nitrogens with zero attached hydrogens (tertiary/aromatic N) is 3. The molecule has 0 spiro atoms. The first kappa shape index (κ1) is 17.4. The zero-order valence-electron chi connectivity index (χ0n) is 16.0. The number of nitrogens with one attached hydrogen (secondary N) is 1. The van der Waals surface area contributed by atoms with Crippen LogP contribution >= 0.6 is 0 Å². The average molecular weight is 376 g/mol. The molecule has 1 saturated carbocycles. The number of fused-ring (bicyclic) bond motifs is 1. The number of likely N-dealkylation sites (tertiary alicyclic amines) is 1. The lowest BCUT2D eigenvalue weighted by atomic mass is 10.1. The summed E-state index contributed by atoms with van der Waals surface area (Å²) in [4.78, 5) is 19.4. The van der Waals surface area contributed by atoms with Gasteiger partial charge in [-0.1, -0.05) is 30.3 Å². The van der Waals surface area contributed by atoms with Crippen molar-refractivity contribution >= 4 is 16.8 Å². The smallest absolute Gasteiger partial charge is 0.273 e. The Morgan fingerprint density at radius 1 is 1.25 bits per heavy atom. The maximum absolute atomic E-state index is 12.6. The second-order valence-electron chi connectivity index (χ2n) is 8.13. The van der Waals surface area contributed by atoms with Gasteiger partial charge in [-0.15, -0.1) is 0 Å². The van der Waals surface area contributed by atoms with Crippen LogP contribution in [-0.4, -0.2) is 40.1 Å². The molecule has 0 radical (unpaired) electrons. The number of hydrogen-bond acceptors (Lipinski definition) is 5. The number of benzene rings is 1. The zero-order valence-corrected chi connectivity index (χ0v) is 16.0. The summed E-state index contributed by atoms with van der Waals surface area (Å²) in [5.74, 6) is 1.55. The van der Waals surface area contributed by atoms with Crippen LogP contribution in [0.2, 0.25) is 0 Å². The third kappa shape index (κ3) is 3.40. The molecule has 2 atom stereocenters. The van der Waals surface area contributed by atoms with Gasteiger partial charge in [0.15, 0.2) is 5.69 Å². The van der Waals surface area contributed by atoms with Crippen LogP contribution in [0.5, 0.6) is 0 Å². The first-order valence-electron chi connectivity index (χ1n) is 10.00. The molecule has 3 aromatic rings. The van der Waals surface area contributed by atoms with E-state index in [2.05, 4.69) is 45.5 Å². The van der Waals surface area contributed by atoms with Crippen LogP contribution in [0.4, 0.5) is 0 Å². The second-order valence-corrected chi connectivity index (χ2v) is 8.13. The van der Waals surface area contributed by atoms with Crippen LogP contribution in [-0.2, 0) is 6.54 Å².